The molecule has 4 heteroatoms. The third-order valence-corrected chi connectivity index (χ3v) is 2.71. The second kappa shape index (κ2) is 7.41. The summed E-state index contributed by atoms with van der Waals surface area (Å²) in [5.74, 6) is -0.268. The zero-order chi connectivity index (χ0) is 11.8. The van der Waals surface area contributed by atoms with Crippen LogP contribution in [0.3, 0.4) is 0 Å². The average Bonchev–Trinajstić information content (AvgIpc) is 2.34. The molecule has 1 atom stereocenters. The van der Waals surface area contributed by atoms with Gasteiger partial charge in [-0.05, 0) is 26.2 Å². The summed E-state index contributed by atoms with van der Waals surface area (Å²) < 4.78 is 10.2. The SMILES string of the molecule is COC(=O)C(C)=CCNCC1CCCCO1. The maximum atomic E-state index is 11.1. The average molecular weight is 227 g/mol. The van der Waals surface area contributed by atoms with Crippen LogP contribution >= 0.6 is 0 Å². The lowest BCUT2D eigenvalue weighted by atomic mass is 10.1. The van der Waals surface area contributed by atoms with Gasteiger partial charge in [0.1, 0.15) is 0 Å². The molecule has 1 aliphatic rings. The molecule has 1 unspecified atom stereocenters. The van der Waals surface area contributed by atoms with Gasteiger partial charge in [-0.25, -0.2) is 4.79 Å². The van der Waals surface area contributed by atoms with E-state index in [9.17, 15) is 4.79 Å². The van der Waals surface area contributed by atoms with Gasteiger partial charge in [-0.1, -0.05) is 6.08 Å². The second-order valence-corrected chi connectivity index (χ2v) is 4.03. The van der Waals surface area contributed by atoms with Crippen LogP contribution < -0.4 is 5.32 Å². The molecule has 4 nitrogen and oxygen atoms in total. The van der Waals surface area contributed by atoms with E-state index in [1.807, 2.05) is 6.08 Å². The molecule has 1 aliphatic heterocycles. The number of carbonyl (C=O) groups is 1. The van der Waals surface area contributed by atoms with Crippen LogP contribution in [0.25, 0.3) is 0 Å². The number of methoxy groups -OCH3 is 1. The molecule has 0 saturated carbocycles. The highest BCUT2D eigenvalue weighted by atomic mass is 16.5. The van der Waals surface area contributed by atoms with Gasteiger partial charge in [-0.15, -0.1) is 0 Å². The Bertz CT molecular complexity index is 245. The summed E-state index contributed by atoms with van der Waals surface area (Å²) in [6.07, 6.45) is 5.74. The smallest absolute Gasteiger partial charge is 0.333 e. The van der Waals surface area contributed by atoms with E-state index in [0.29, 0.717) is 18.2 Å². The first-order valence-corrected chi connectivity index (χ1v) is 5.81. The molecule has 0 aliphatic carbocycles. The van der Waals surface area contributed by atoms with Crippen LogP contribution in [-0.2, 0) is 14.3 Å². The summed E-state index contributed by atoms with van der Waals surface area (Å²) >= 11 is 0. The summed E-state index contributed by atoms with van der Waals surface area (Å²) in [7, 11) is 1.39. The lowest BCUT2D eigenvalue weighted by Gasteiger charge is -2.22. The summed E-state index contributed by atoms with van der Waals surface area (Å²) in [4.78, 5) is 11.1. The molecule has 1 saturated heterocycles. The summed E-state index contributed by atoms with van der Waals surface area (Å²) in [5.41, 5.74) is 0.638. The van der Waals surface area contributed by atoms with E-state index >= 15 is 0 Å². The van der Waals surface area contributed by atoms with Crippen molar-refractivity contribution < 1.29 is 14.3 Å². The molecule has 0 spiro atoms. The van der Waals surface area contributed by atoms with Gasteiger partial charge in [0.15, 0.2) is 0 Å². The van der Waals surface area contributed by atoms with Crippen molar-refractivity contribution in [2.75, 3.05) is 26.8 Å². The van der Waals surface area contributed by atoms with E-state index in [4.69, 9.17) is 4.74 Å². The van der Waals surface area contributed by atoms with E-state index in [1.165, 1.54) is 20.0 Å². The second-order valence-electron chi connectivity index (χ2n) is 4.03. The summed E-state index contributed by atoms with van der Waals surface area (Å²) in [6.45, 7) is 4.17. The number of nitrogens with one attached hydrogen (secondary N) is 1. The number of carbonyl (C=O) groups excluding carboxylic acids is 1. The molecular weight excluding hydrogens is 206 g/mol. The molecule has 16 heavy (non-hydrogen) atoms. The van der Waals surface area contributed by atoms with Gasteiger partial charge in [0.2, 0.25) is 0 Å². The minimum Gasteiger partial charge on any atom is -0.466 e. The molecule has 1 fully saturated rings. The third-order valence-electron chi connectivity index (χ3n) is 2.71. The number of ether oxygens (including phenoxy) is 2. The normalized spacial score (nSPS) is 21.9. The molecular formula is C12H21NO3. The predicted octanol–water partition coefficient (Wildman–Crippen LogP) is 1.26. The van der Waals surface area contributed by atoms with E-state index < -0.39 is 0 Å². The molecule has 0 aromatic rings. The molecule has 0 aromatic heterocycles. The Kier molecular flexibility index (Phi) is 6.11. The molecule has 92 valence electrons. The highest BCUT2D eigenvalue weighted by molar-refractivity contribution is 5.87. The number of rotatable bonds is 5. The fourth-order valence-corrected chi connectivity index (χ4v) is 1.68. The van der Waals surface area contributed by atoms with Crippen molar-refractivity contribution in [2.45, 2.75) is 32.3 Å². The minimum atomic E-state index is -0.268. The Labute approximate surface area is 97.0 Å². The van der Waals surface area contributed by atoms with E-state index in [1.54, 1.807) is 6.92 Å². The van der Waals surface area contributed by atoms with Crippen molar-refractivity contribution in [3.8, 4) is 0 Å². The first-order valence-electron chi connectivity index (χ1n) is 5.81. The molecule has 0 aromatic carbocycles. The standard InChI is InChI=1S/C12H21NO3/c1-10(12(14)15-2)6-7-13-9-11-5-3-4-8-16-11/h6,11,13H,3-5,7-9H2,1-2H3. The molecule has 0 amide bonds. The molecule has 1 rings (SSSR count). The largest absolute Gasteiger partial charge is 0.466 e. The van der Waals surface area contributed by atoms with Gasteiger partial charge in [0, 0.05) is 25.3 Å². The van der Waals surface area contributed by atoms with Crippen molar-refractivity contribution in [3.63, 3.8) is 0 Å². The highest BCUT2D eigenvalue weighted by Gasteiger charge is 2.12. The lowest BCUT2D eigenvalue weighted by Crippen LogP contribution is -2.32. The fraction of sp³-hybridized carbons (Fsp3) is 0.750. The van der Waals surface area contributed by atoms with Crippen LogP contribution in [0.5, 0.6) is 0 Å². The monoisotopic (exact) mass is 227 g/mol. The zero-order valence-electron chi connectivity index (χ0n) is 10.1. The molecule has 1 N–H and O–H groups in total. The van der Waals surface area contributed by atoms with Gasteiger partial charge in [0.25, 0.3) is 0 Å². The van der Waals surface area contributed by atoms with Crippen molar-refractivity contribution in [2.24, 2.45) is 0 Å². The van der Waals surface area contributed by atoms with Gasteiger partial charge >= 0.3 is 5.97 Å². The number of hydrogen-bond acceptors (Lipinski definition) is 4. The minimum absolute atomic E-state index is 0.268. The Morgan fingerprint density at radius 3 is 3.00 bits per heavy atom. The van der Waals surface area contributed by atoms with Crippen molar-refractivity contribution >= 4 is 5.97 Å². The van der Waals surface area contributed by atoms with Gasteiger partial charge in [-0.2, -0.15) is 0 Å². The molecule has 1 heterocycles. The topological polar surface area (TPSA) is 47.6 Å². The first-order chi connectivity index (χ1) is 7.74. The van der Waals surface area contributed by atoms with E-state index in [-0.39, 0.29) is 5.97 Å². The van der Waals surface area contributed by atoms with Crippen molar-refractivity contribution in [1.29, 1.82) is 0 Å². The summed E-state index contributed by atoms with van der Waals surface area (Å²) in [5, 5.41) is 3.26. The van der Waals surface area contributed by atoms with Crippen LogP contribution in [0.2, 0.25) is 0 Å². The van der Waals surface area contributed by atoms with Crippen molar-refractivity contribution in [1.82, 2.24) is 5.32 Å². The van der Waals surface area contributed by atoms with E-state index in [0.717, 1.165) is 19.6 Å². The zero-order valence-corrected chi connectivity index (χ0v) is 10.1. The maximum Gasteiger partial charge on any atom is 0.333 e. The molecule has 0 bridgehead atoms. The Morgan fingerprint density at radius 2 is 2.38 bits per heavy atom. The van der Waals surface area contributed by atoms with Crippen LogP contribution in [-0.4, -0.2) is 38.9 Å². The Morgan fingerprint density at radius 1 is 1.56 bits per heavy atom. The van der Waals surface area contributed by atoms with E-state index in [2.05, 4.69) is 10.1 Å². The van der Waals surface area contributed by atoms with Crippen LogP contribution in [0.4, 0.5) is 0 Å². The van der Waals surface area contributed by atoms with Gasteiger partial charge in [-0.3, -0.25) is 0 Å². The Balaban J connectivity index is 2.12. The van der Waals surface area contributed by atoms with Gasteiger partial charge in [0.05, 0.1) is 13.2 Å². The third kappa shape index (κ3) is 4.77. The lowest BCUT2D eigenvalue weighted by molar-refractivity contribution is -0.136. The Hall–Kier alpha value is -0.870. The highest BCUT2D eigenvalue weighted by Crippen LogP contribution is 2.11. The number of esters is 1. The number of hydrogen-bond donors (Lipinski definition) is 1. The van der Waals surface area contributed by atoms with Crippen LogP contribution in [0.1, 0.15) is 26.2 Å². The van der Waals surface area contributed by atoms with Crippen molar-refractivity contribution in [3.05, 3.63) is 11.6 Å². The maximum absolute atomic E-state index is 11.1. The quantitative estimate of drug-likeness (QED) is 0.436. The van der Waals surface area contributed by atoms with Crippen LogP contribution in [0, 0.1) is 0 Å². The fourth-order valence-electron chi connectivity index (χ4n) is 1.68. The molecule has 0 radical (unpaired) electrons. The summed E-state index contributed by atoms with van der Waals surface area (Å²) in [6, 6.07) is 0. The van der Waals surface area contributed by atoms with Gasteiger partial charge < -0.3 is 14.8 Å². The predicted molar refractivity (Wildman–Crippen MR) is 62.2 cm³/mol. The first kappa shape index (κ1) is 13.2. The van der Waals surface area contributed by atoms with Crippen LogP contribution in [0.15, 0.2) is 11.6 Å².